The molecule has 2 atom stereocenters. The molecule has 4 aliphatic heterocycles. The highest BCUT2D eigenvalue weighted by Crippen LogP contribution is 2.44. The molecule has 0 saturated heterocycles. The third kappa shape index (κ3) is 17.2. The second-order valence-corrected chi connectivity index (χ2v) is 32.1. The second kappa shape index (κ2) is 34.5. The summed E-state index contributed by atoms with van der Waals surface area (Å²) in [5.41, 5.74) is 5.01. The molecule has 6 aromatic rings. The first-order valence-electron chi connectivity index (χ1n) is 31.7. The molecule has 0 spiro atoms. The number of fused-ring (bicyclic) bond motifs is 2. The topological polar surface area (TPSA) is 341 Å². The van der Waals surface area contributed by atoms with Crippen LogP contribution in [0, 0.1) is 19.8 Å². The molecule has 0 bridgehead atoms. The number of carbonyl (C=O) groups is 6. The van der Waals surface area contributed by atoms with Crippen molar-refractivity contribution in [2.45, 2.75) is 110 Å². The molecular formula is C70H84N8O16S6. The zero-order valence-corrected chi connectivity index (χ0v) is 63.2. The predicted octanol–water partition coefficient (Wildman–Crippen LogP) is 12.5. The molecule has 4 aromatic carbocycles. The van der Waals surface area contributed by atoms with Crippen molar-refractivity contribution < 1.29 is 72.7 Å². The number of nitrogens with zero attached hydrogens (tertiary/aromatic N) is 4. The van der Waals surface area contributed by atoms with Gasteiger partial charge < -0.3 is 31.5 Å². The summed E-state index contributed by atoms with van der Waals surface area (Å²) in [6, 6.07) is 38.2. The van der Waals surface area contributed by atoms with Crippen LogP contribution in [0.25, 0.3) is 5.57 Å². The molecule has 0 radical (unpaired) electrons. The molecule has 0 saturated carbocycles. The monoisotopic (exact) mass is 1480 g/mol. The van der Waals surface area contributed by atoms with Crippen LogP contribution in [-0.4, -0.2) is 125 Å². The first-order valence-corrected chi connectivity index (χ1v) is 39.0. The van der Waals surface area contributed by atoms with Crippen molar-refractivity contribution >= 4 is 127 Å². The normalized spacial score (nSPS) is 18.1. The van der Waals surface area contributed by atoms with Gasteiger partial charge in [0.2, 0.25) is 23.6 Å². The Morgan fingerprint density at radius 3 is 1.24 bits per heavy atom. The van der Waals surface area contributed by atoms with E-state index in [1.165, 1.54) is 34.3 Å². The number of benzene rings is 4. The maximum absolute atomic E-state index is 12.6. The van der Waals surface area contributed by atoms with E-state index in [0.717, 1.165) is 52.2 Å². The third-order valence-electron chi connectivity index (χ3n) is 14.9. The molecule has 0 fully saturated rings. The van der Waals surface area contributed by atoms with Crippen molar-refractivity contribution in [3.63, 3.8) is 0 Å². The van der Waals surface area contributed by atoms with Crippen LogP contribution >= 0.6 is 22.7 Å². The summed E-state index contributed by atoms with van der Waals surface area (Å²) in [5.74, 6) is -7.04. The minimum absolute atomic E-state index is 0.00530. The molecule has 6 N–H and O–H groups in total. The number of hydrogen-bond donors (Lipinski definition) is 6. The largest absolute Gasteiger partial charge is 0.493 e. The van der Waals surface area contributed by atoms with Crippen LogP contribution in [0.2, 0.25) is 0 Å². The predicted molar refractivity (Wildman–Crippen MR) is 393 cm³/mol. The van der Waals surface area contributed by atoms with E-state index in [9.17, 15) is 72.7 Å². The van der Waals surface area contributed by atoms with E-state index in [4.69, 9.17) is 0 Å². The van der Waals surface area contributed by atoms with Crippen LogP contribution in [0.5, 0.6) is 0 Å². The molecule has 30 heteroatoms. The van der Waals surface area contributed by atoms with Crippen LogP contribution in [-0.2, 0) is 68.9 Å². The molecule has 6 aliphatic rings. The molecule has 100 heavy (non-hydrogen) atoms. The Bertz CT molecular complexity index is 4740. The molecular weight excluding hydrogens is 1400 g/mol. The third-order valence-corrected chi connectivity index (χ3v) is 25.3. The van der Waals surface area contributed by atoms with E-state index in [0.29, 0.717) is 55.3 Å². The van der Waals surface area contributed by atoms with Crippen molar-refractivity contribution in [2.75, 3.05) is 49.5 Å². The van der Waals surface area contributed by atoms with Crippen molar-refractivity contribution in [2.24, 2.45) is 5.92 Å². The maximum Gasteiger partial charge on any atom is 0.276 e. The van der Waals surface area contributed by atoms with Crippen LogP contribution in [0.1, 0.15) is 109 Å². The van der Waals surface area contributed by atoms with Gasteiger partial charge in [0, 0.05) is 71.8 Å². The molecule has 2 unspecified atom stereocenters. The highest BCUT2D eigenvalue weighted by Gasteiger charge is 2.49. The van der Waals surface area contributed by atoms with Gasteiger partial charge in [0.25, 0.3) is 63.7 Å². The van der Waals surface area contributed by atoms with Gasteiger partial charge in [-0.1, -0.05) is 139 Å². The van der Waals surface area contributed by atoms with Crippen LogP contribution in [0.4, 0.5) is 22.7 Å². The lowest BCUT2D eigenvalue weighted by Crippen LogP contribution is -2.47. The number of para-hydroxylation sites is 4. The van der Waals surface area contributed by atoms with Gasteiger partial charge in [0.1, 0.15) is 31.4 Å². The zero-order valence-electron chi connectivity index (χ0n) is 58.3. The quantitative estimate of drug-likeness (QED) is 0.0771. The highest BCUT2D eigenvalue weighted by atomic mass is 32.3. The van der Waals surface area contributed by atoms with Crippen molar-refractivity contribution in [1.82, 2.24) is 17.2 Å². The average Bonchev–Trinajstić information content (AvgIpc) is 1.50. The molecule has 24 nitrogen and oxygen atoms in total. The fourth-order valence-corrected chi connectivity index (χ4v) is 19.1. The van der Waals surface area contributed by atoms with Gasteiger partial charge in [0.15, 0.2) is 0 Å². The van der Waals surface area contributed by atoms with Gasteiger partial charge in [-0.05, 0) is 124 Å². The SMILES string of the molecule is CC.CC.CC.CC.CC1=CC2=C(C1)C(C(=O)Nc1ccccc1)=C(O)N(C)S2(=O)=O.CC1=CC2=C(C1)C(C(=O)Nc1ccccc1)C(=O)N(C)S2(=O)=O.Cc1cc2c(s1)S(=O)(=O)N(C)C(=O)C2C(=O)Nc1ccccc1.Cc1cc2c(s1)S(=O)(=O)N(C)C(O)=C2C(=O)Nc1ccccc1. The number of allylic oxidation sites excluding steroid dienone is 4. The van der Waals surface area contributed by atoms with Gasteiger partial charge in [-0.15, -0.1) is 22.7 Å². The summed E-state index contributed by atoms with van der Waals surface area (Å²) in [6.45, 7) is 23.1. The standard InChI is InChI=1S/2C16H16N2O4S.2C15H14N2O4S2.4C2H6/c2*1-10-8-12-13(9-10)23(21,22)18(2)16(20)14(12)15(19)17-11-6-4-3-5-7-11;2*1-9-8-11-12(13(18)16-10-6-4-3-5-7-10)14(19)17(2)23(20,21)15(11)22-9;4*1-2/h3-7,9,20H,8H2,1-2H3,(H,17,19);3-7,9,14H,8H2,1-2H3,(H,17,19);3-8,19H,1-2H3,(H,16,18);3-8,12H,1-2H3,(H,16,18);4*1-2H3. The van der Waals surface area contributed by atoms with Crippen molar-refractivity contribution in [3.05, 3.63) is 216 Å². The Hall–Kier alpha value is -9.46. The van der Waals surface area contributed by atoms with Gasteiger partial charge in [-0.25, -0.2) is 50.9 Å². The number of aryl methyl sites for hydroxylation is 2. The van der Waals surface area contributed by atoms with Gasteiger partial charge in [0.05, 0.1) is 9.81 Å². The lowest BCUT2D eigenvalue weighted by atomic mass is 9.94. The lowest BCUT2D eigenvalue weighted by Gasteiger charge is -2.29. The Labute approximate surface area is 594 Å². The summed E-state index contributed by atoms with van der Waals surface area (Å²) in [4.78, 5) is 76.8. The first kappa shape index (κ1) is 81.2. The van der Waals surface area contributed by atoms with E-state index in [2.05, 4.69) is 21.3 Å². The van der Waals surface area contributed by atoms with Crippen molar-refractivity contribution in [1.29, 1.82) is 0 Å². The second-order valence-electron chi connectivity index (χ2n) is 21.4. The fourth-order valence-electron chi connectivity index (χ4n) is 10.3. The highest BCUT2D eigenvalue weighted by molar-refractivity contribution is 7.94. The van der Waals surface area contributed by atoms with Crippen LogP contribution < -0.4 is 21.3 Å². The lowest BCUT2D eigenvalue weighted by molar-refractivity contribution is -0.135. The summed E-state index contributed by atoms with van der Waals surface area (Å²) in [5, 5.41) is 31.2. The minimum atomic E-state index is -3.87. The zero-order chi connectivity index (χ0) is 75.1. The van der Waals surface area contributed by atoms with Gasteiger partial charge >= 0.3 is 0 Å². The molecule has 12 rings (SSSR count). The number of amides is 6. The summed E-state index contributed by atoms with van der Waals surface area (Å²) in [7, 11) is -10.5. The number of nitrogens with one attached hydrogen (secondary N) is 4. The molecule has 6 amide bonds. The summed E-state index contributed by atoms with van der Waals surface area (Å²) >= 11 is 2.14. The number of aliphatic hydroxyl groups is 2. The van der Waals surface area contributed by atoms with E-state index in [-0.39, 0.29) is 40.5 Å². The number of aliphatic hydroxyl groups excluding tert-OH is 2. The molecule has 2 aromatic heterocycles. The van der Waals surface area contributed by atoms with Gasteiger partial charge in [-0.3, -0.25) is 28.8 Å². The van der Waals surface area contributed by atoms with E-state index < -0.39 is 99.1 Å². The van der Waals surface area contributed by atoms with E-state index in [1.807, 2.05) is 79.7 Å². The minimum Gasteiger partial charge on any atom is -0.493 e. The Morgan fingerprint density at radius 2 is 0.770 bits per heavy atom. The van der Waals surface area contributed by atoms with E-state index in [1.54, 1.807) is 143 Å². The molecule has 6 heterocycles. The number of carbonyl (C=O) groups excluding carboxylic acids is 6. The Kier molecular flexibility index (Phi) is 28.1. The summed E-state index contributed by atoms with van der Waals surface area (Å²) in [6.07, 6.45) is 3.73. The molecule has 2 aliphatic carbocycles. The number of rotatable bonds is 8. The number of hydrogen-bond acceptors (Lipinski definition) is 18. The fraction of sp³-hybridized carbons (Fsp3) is 0.286. The Morgan fingerprint density at radius 1 is 0.430 bits per heavy atom. The smallest absolute Gasteiger partial charge is 0.276 e. The number of anilines is 4. The summed E-state index contributed by atoms with van der Waals surface area (Å²) < 4.78 is 102. The Balaban J connectivity index is 0.000000232. The number of sulfonamides is 4. The number of likely N-dealkylation sites (N-methyl/N-ethyl adjacent to an activating group) is 1. The van der Waals surface area contributed by atoms with Gasteiger partial charge in [-0.2, -0.15) is 0 Å². The molecule has 536 valence electrons. The first-order chi connectivity index (χ1) is 47.3. The van der Waals surface area contributed by atoms with Crippen LogP contribution in [0.15, 0.2) is 203 Å². The van der Waals surface area contributed by atoms with Crippen LogP contribution in [0.3, 0.4) is 0 Å². The number of thiophene rings is 2. The maximum atomic E-state index is 12.6. The van der Waals surface area contributed by atoms with E-state index >= 15 is 0 Å². The van der Waals surface area contributed by atoms with Crippen molar-refractivity contribution in [3.8, 4) is 0 Å². The average molecular weight is 1490 g/mol.